The van der Waals surface area contributed by atoms with Gasteiger partial charge >= 0.3 is 0 Å². The molecule has 1 aromatic carbocycles. The molecule has 0 saturated heterocycles. The Morgan fingerprint density at radius 1 is 1.41 bits per heavy atom. The Kier molecular flexibility index (Phi) is 5.06. The average molecular weight is 242 g/mol. The van der Waals surface area contributed by atoms with Gasteiger partial charge in [0.2, 0.25) is 0 Å². The topological polar surface area (TPSA) is 77.1 Å². The Bertz CT molecular complexity index is 396. The van der Waals surface area contributed by atoms with Gasteiger partial charge in [-0.3, -0.25) is 4.39 Å². The van der Waals surface area contributed by atoms with Crippen LogP contribution in [0, 0.1) is 0 Å². The van der Waals surface area contributed by atoms with Gasteiger partial charge in [-0.15, -0.1) is 0 Å². The van der Waals surface area contributed by atoms with Gasteiger partial charge in [-0.05, 0) is 12.1 Å². The minimum Gasteiger partial charge on any atom is -0.497 e. The highest BCUT2D eigenvalue weighted by Gasteiger charge is 2.06. The first-order valence-corrected chi connectivity index (χ1v) is 5.07. The summed E-state index contributed by atoms with van der Waals surface area (Å²) in [4.78, 5) is 0. The fourth-order valence-corrected chi connectivity index (χ4v) is 1.22. The van der Waals surface area contributed by atoms with Gasteiger partial charge in [-0.25, -0.2) is 0 Å². The standard InChI is InChI=1S/C11H15FN2O3/c1-16-9-5-8(11(13)14-15)6-10(7-9)17-4-2-3-12/h5-7,15H,2-4H2,1H3,(H2,13,14). The molecule has 0 radical (unpaired) electrons. The molecule has 0 heterocycles. The third-order valence-electron chi connectivity index (χ3n) is 2.07. The van der Waals surface area contributed by atoms with E-state index in [2.05, 4.69) is 5.16 Å². The average Bonchev–Trinajstić information content (AvgIpc) is 2.37. The highest BCUT2D eigenvalue weighted by atomic mass is 19.1. The van der Waals surface area contributed by atoms with Crippen LogP contribution in [0.1, 0.15) is 12.0 Å². The quantitative estimate of drug-likeness (QED) is 0.261. The predicted molar refractivity (Wildman–Crippen MR) is 61.6 cm³/mol. The molecule has 0 fully saturated rings. The SMILES string of the molecule is COc1cc(OCCCF)cc(/C(N)=N/O)c1. The Hall–Kier alpha value is -1.98. The highest BCUT2D eigenvalue weighted by Crippen LogP contribution is 2.22. The smallest absolute Gasteiger partial charge is 0.170 e. The summed E-state index contributed by atoms with van der Waals surface area (Å²) in [6.45, 7) is -0.170. The number of methoxy groups -OCH3 is 1. The van der Waals surface area contributed by atoms with Crippen LogP contribution in [0.3, 0.4) is 0 Å². The number of amidine groups is 1. The van der Waals surface area contributed by atoms with Crippen LogP contribution in [0.25, 0.3) is 0 Å². The molecule has 0 unspecified atom stereocenters. The normalized spacial score (nSPS) is 11.3. The zero-order chi connectivity index (χ0) is 12.7. The van der Waals surface area contributed by atoms with Gasteiger partial charge in [-0.1, -0.05) is 5.16 Å². The molecule has 0 aliphatic heterocycles. The van der Waals surface area contributed by atoms with Crippen LogP contribution in [0.5, 0.6) is 11.5 Å². The Morgan fingerprint density at radius 2 is 2.12 bits per heavy atom. The minimum absolute atomic E-state index is 0.0424. The van der Waals surface area contributed by atoms with Crippen LogP contribution >= 0.6 is 0 Å². The number of halogens is 1. The lowest BCUT2D eigenvalue weighted by Crippen LogP contribution is -2.13. The molecule has 0 spiro atoms. The van der Waals surface area contributed by atoms with Crippen LogP contribution in [0.15, 0.2) is 23.4 Å². The van der Waals surface area contributed by atoms with Gasteiger partial charge in [-0.2, -0.15) is 0 Å². The number of alkyl halides is 1. The summed E-state index contributed by atoms with van der Waals surface area (Å²) < 4.78 is 22.3. The molecule has 0 aliphatic carbocycles. The van der Waals surface area contributed by atoms with E-state index in [-0.39, 0.29) is 12.4 Å². The molecule has 94 valence electrons. The third kappa shape index (κ3) is 3.82. The van der Waals surface area contributed by atoms with Crippen molar-refractivity contribution in [2.45, 2.75) is 6.42 Å². The Balaban J connectivity index is 2.89. The lowest BCUT2D eigenvalue weighted by atomic mass is 10.2. The maximum absolute atomic E-state index is 11.9. The maximum atomic E-state index is 11.9. The van der Waals surface area contributed by atoms with E-state index < -0.39 is 6.67 Å². The summed E-state index contributed by atoms with van der Waals surface area (Å²) in [6, 6.07) is 4.85. The van der Waals surface area contributed by atoms with E-state index in [1.165, 1.54) is 7.11 Å². The summed E-state index contributed by atoms with van der Waals surface area (Å²) in [5.74, 6) is 0.961. The highest BCUT2D eigenvalue weighted by molar-refractivity contribution is 5.97. The van der Waals surface area contributed by atoms with Crippen molar-refractivity contribution in [3.05, 3.63) is 23.8 Å². The van der Waals surface area contributed by atoms with Crippen molar-refractivity contribution >= 4 is 5.84 Å². The van der Waals surface area contributed by atoms with Gasteiger partial charge in [0.05, 0.1) is 20.4 Å². The van der Waals surface area contributed by atoms with Crippen molar-refractivity contribution in [2.75, 3.05) is 20.4 Å². The van der Waals surface area contributed by atoms with Crippen LogP contribution in [-0.4, -0.2) is 31.4 Å². The van der Waals surface area contributed by atoms with Crippen molar-refractivity contribution < 1.29 is 19.1 Å². The summed E-state index contributed by atoms with van der Waals surface area (Å²) in [5.41, 5.74) is 5.94. The van der Waals surface area contributed by atoms with Crippen LogP contribution in [0.4, 0.5) is 4.39 Å². The molecule has 0 aromatic heterocycles. The predicted octanol–water partition coefficient (Wildman–Crippen LogP) is 1.53. The molecule has 0 atom stereocenters. The summed E-state index contributed by atoms with van der Waals surface area (Å²) in [7, 11) is 1.50. The molecule has 5 nitrogen and oxygen atoms in total. The molecule has 1 rings (SSSR count). The van der Waals surface area contributed by atoms with Crippen molar-refractivity contribution in [3.63, 3.8) is 0 Å². The molecule has 0 amide bonds. The number of nitrogens with zero attached hydrogens (tertiary/aromatic N) is 1. The molecule has 3 N–H and O–H groups in total. The fraction of sp³-hybridized carbons (Fsp3) is 0.364. The zero-order valence-electron chi connectivity index (χ0n) is 9.52. The van der Waals surface area contributed by atoms with E-state index >= 15 is 0 Å². The first-order chi connectivity index (χ1) is 8.21. The van der Waals surface area contributed by atoms with E-state index in [0.717, 1.165) is 0 Å². The van der Waals surface area contributed by atoms with Gasteiger partial charge in [0, 0.05) is 18.1 Å². The second kappa shape index (κ2) is 6.57. The Morgan fingerprint density at radius 3 is 2.71 bits per heavy atom. The Labute approximate surface area is 98.6 Å². The lowest BCUT2D eigenvalue weighted by Gasteiger charge is -2.09. The minimum atomic E-state index is -0.433. The van der Waals surface area contributed by atoms with E-state index in [9.17, 15) is 4.39 Å². The number of rotatable bonds is 6. The first kappa shape index (κ1) is 13.1. The lowest BCUT2D eigenvalue weighted by molar-refractivity contribution is 0.288. The second-order valence-corrected chi connectivity index (χ2v) is 3.27. The number of hydrogen-bond donors (Lipinski definition) is 2. The molecular weight excluding hydrogens is 227 g/mol. The molecule has 1 aromatic rings. The number of oxime groups is 1. The largest absolute Gasteiger partial charge is 0.497 e. The zero-order valence-corrected chi connectivity index (χ0v) is 9.52. The van der Waals surface area contributed by atoms with Gasteiger partial charge in [0.25, 0.3) is 0 Å². The summed E-state index contributed by atoms with van der Waals surface area (Å²) in [5, 5.41) is 11.5. The second-order valence-electron chi connectivity index (χ2n) is 3.27. The van der Waals surface area contributed by atoms with Gasteiger partial charge in [0.15, 0.2) is 5.84 Å². The number of ether oxygens (including phenoxy) is 2. The van der Waals surface area contributed by atoms with Crippen LogP contribution in [-0.2, 0) is 0 Å². The molecule has 6 heteroatoms. The summed E-state index contributed by atoms with van der Waals surface area (Å²) >= 11 is 0. The summed E-state index contributed by atoms with van der Waals surface area (Å²) in [6.07, 6.45) is 0.316. The molecule has 17 heavy (non-hydrogen) atoms. The molecule has 0 saturated carbocycles. The van der Waals surface area contributed by atoms with Gasteiger partial charge < -0.3 is 20.4 Å². The molecular formula is C11H15FN2O3. The van der Waals surface area contributed by atoms with Crippen LogP contribution in [0.2, 0.25) is 0 Å². The van der Waals surface area contributed by atoms with E-state index in [4.69, 9.17) is 20.4 Å². The van der Waals surface area contributed by atoms with Gasteiger partial charge in [0.1, 0.15) is 11.5 Å². The molecule has 0 bridgehead atoms. The van der Waals surface area contributed by atoms with Crippen LogP contribution < -0.4 is 15.2 Å². The first-order valence-electron chi connectivity index (χ1n) is 5.07. The monoisotopic (exact) mass is 242 g/mol. The van der Waals surface area contributed by atoms with Crippen molar-refractivity contribution in [1.82, 2.24) is 0 Å². The number of benzene rings is 1. The number of nitrogens with two attached hydrogens (primary N) is 1. The maximum Gasteiger partial charge on any atom is 0.170 e. The van der Waals surface area contributed by atoms with Crippen molar-refractivity contribution in [3.8, 4) is 11.5 Å². The van der Waals surface area contributed by atoms with Crippen molar-refractivity contribution in [2.24, 2.45) is 10.9 Å². The van der Waals surface area contributed by atoms with E-state index in [1.807, 2.05) is 0 Å². The fourth-order valence-electron chi connectivity index (χ4n) is 1.22. The van der Waals surface area contributed by atoms with E-state index in [1.54, 1.807) is 18.2 Å². The van der Waals surface area contributed by atoms with Crippen molar-refractivity contribution in [1.29, 1.82) is 0 Å². The third-order valence-corrected chi connectivity index (χ3v) is 2.07. The molecule has 0 aliphatic rings. The van der Waals surface area contributed by atoms with E-state index in [0.29, 0.717) is 23.5 Å². The number of hydrogen-bond acceptors (Lipinski definition) is 4.